The molecule has 8 nitrogen and oxygen atoms in total. The molecule has 2 aliphatic rings. The van der Waals surface area contributed by atoms with Crippen LogP contribution in [0.15, 0.2) is 12.4 Å². The number of nitrogens with zero attached hydrogens (tertiary/aromatic N) is 4. The van der Waals surface area contributed by atoms with Crippen LogP contribution in [-0.2, 0) is 9.59 Å². The molecule has 8 heteroatoms. The van der Waals surface area contributed by atoms with Crippen LogP contribution in [0.4, 0.5) is 4.79 Å². The second kappa shape index (κ2) is 5.78. The SMILES string of the molecule is Cc1cnn([C@@H]2CCCN(C(=O)CN3C(=O)CNC3=O)C2)c1. The molecular formula is C14H19N5O3. The molecule has 3 heterocycles. The lowest BCUT2D eigenvalue weighted by Crippen LogP contribution is -2.47. The van der Waals surface area contributed by atoms with E-state index in [1.54, 1.807) is 11.1 Å². The highest BCUT2D eigenvalue weighted by Gasteiger charge is 2.33. The Morgan fingerprint density at radius 1 is 1.45 bits per heavy atom. The highest BCUT2D eigenvalue weighted by molar-refractivity contribution is 6.04. The zero-order chi connectivity index (χ0) is 15.7. The van der Waals surface area contributed by atoms with E-state index >= 15 is 0 Å². The molecule has 3 rings (SSSR count). The van der Waals surface area contributed by atoms with E-state index in [1.165, 1.54) is 0 Å². The molecule has 0 spiro atoms. The number of urea groups is 1. The van der Waals surface area contributed by atoms with Crippen LogP contribution in [0.3, 0.4) is 0 Å². The normalized spacial score (nSPS) is 22.1. The number of imide groups is 1. The van der Waals surface area contributed by atoms with Crippen molar-refractivity contribution in [2.24, 2.45) is 0 Å². The summed E-state index contributed by atoms with van der Waals surface area (Å²) < 4.78 is 1.89. The standard InChI is InChI=1S/C14H19N5O3/c1-10-5-16-19(7-10)11-3-2-4-17(8-11)13(21)9-18-12(20)6-15-14(18)22/h5,7,11H,2-4,6,8-9H2,1H3,(H,15,22)/t11-/m1/s1. The molecule has 1 N–H and O–H groups in total. The molecular weight excluding hydrogens is 286 g/mol. The number of hydrogen-bond donors (Lipinski definition) is 1. The van der Waals surface area contributed by atoms with Gasteiger partial charge < -0.3 is 10.2 Å². The summed E-state index contributed by atoms with van der Waals surface area (Å²) in [4.78, 5) is 38.1. The number of piperidine rings is 1. The van der Waals surface area contributed by atoms with Crippen LogP contribution in [-0.4, -0.2) is 63.6 Å². The topological polar surface area (TPSA) is 87.5 Å². The van der Waals surface area contributed by atoms with E-state index in [0.29, 0.717) is 13.1 Å². The van der Waals surface area contributed by atoms with E-state index < -0.39 is 6.03 Å². The molecule has 0 aromatic carbocycles. The van der Waals surface area contributed by atoms with Crippen LogP contribution >= 0.6 is 0 Å². The molecule has 2 aliphatic heterocycles. The predicted octanol–water partition coefficient (Wildman–Crippen LogP) is -0.0932. The fourth-order valence-corrected chi connectivity index (χ4v) is 2.88. The van der Waals surface area contributed by atoms with Crippen molar-refractivity contribution in [3.8, 4) is 0 Å². The fraction of sp³-hybridized carbons (Fsp3) is 0.571. The van der Waals surface area contributed by atoms with Crippen LogP contribution in [0.1, 0.15) is 24.4 Å². The van der Waals surface area contributed by atoms with Gasteiger partial charge in [-0.15, -0.1) is 0 Å². The maximum absolute atomic E-state index is 12.3. The predicted molar refractivity (Wildman–Crippen MR) is 76.9 cm³/mol. The number of rotatable bonds is 3. The van der Waals surface area contributed by atoms with Crippen molar-refractivity contribution in [3.63, 3.8) is 0 Å². The van der Waals surface area contributed by atoms with Crippen molar-refractivity contribution < 1.29 is 14.4 Å². The van der Waals surface area contributed by atoms with Gasteiger partial charge >= 0.3 is 6.03 Å². The van der Waals surface area contributed by atoms with Crippen molar-refractivity contribution in [3.05, 3.63) is 18.0 Å². The average Bonchev–Trinajstić information content (AvgIpc) is 3.08. The smallest absolute Gasteiger partial charge is 0.325 e. The van der Waals surface area contributed by atoms with Crippen molar-refractivity contribution >= 4 is 17.8 Å². The van der Waals surface area contributed by atoms with Gasteiger partial charge in [0.2, 0.25) is 5.91 Å². The molecule has 4 amide bonds. The van der Waals surface area contributed by atoms with Crippen LogP contribution in [0, 0.1) is 6.92 Å². The summed E-state index contributed by atoms with van der Waals surface area (Å²) in [5, 5.41) is 6.73. The first kappa shape index (κ1) is 14.6. The van der Waals surface area contributed by atoms with E-state index in [4.69, 9.17) is 0 Å². The molecule has 2 saturated heterocycles. The number of likely N-dealkylation sites (tertiary alicyclic amines) is 1. The van der Waals surface area contributed by atoms with Crippen molar-refractivity contribution in [2.75, 3.05) is 26.2 Å². The van der Waals surface area contributed by atoms with Crippen LogP contribution in [0.25, 0.3) is 0 Å². The second-order valence-corrected chi connectivity index (χ2v) is 5.77. The van der Waals surface area contributed by atoms with Gasteiger partial charge in [0, 0.05) is 19.3 Å². The molecule has 1 aromatic heterocycles. The first-order valence-electron chi connectivity index (χ1n) is 7.41. The molecule has 0 aliphatic carbocycles. The van der Waals surface area contributed by atoms with Crippen LogP contribution in [0.2, 0.25) is 0 Å². The van der Waals surface area contributed by atoms with Crippen molar-refractivity contribution in [1.29, 1.82) is 0 Å². The minimum atomic E-state index is -0.491. The quantitative estimate of drug-likeness (QED) is 0.790. The van der Waals surface area contributed by atoms with Gasteiger partial charge in [-0.05, 0) is 25.3 Å². The molecule has 0 radical (unpaired) electrons. The van der Waals surface area contributed by atoms with Gasteiger partial charge in [-0.1, -0.05) is 0 Å². The first-order chi connectivity index (χ1) is 10.5. The Morgan fingerprint density at radius 3 is 2.91 bits per heavy atom. The third-order valence-corrected chi connectivity index (χ3v) is 4.08. The van der Waals surface area contributed by atoms with Gasteiger partial charge in [0.05, 0.1) is 18.8 Å². The minimum Gasteiger partial charge on any atom is -0.339 e. The summed E-state index contributed by atoms with van der Waals surface area (Å²) in [6.07, 6.45) is 5.62. The largest absolute Gasteiger partial charge is 0.339 e. The number of carbonyl (C=O) groups excluding carboxylic acids is 3. The Kier molecular flexibility index (Phi) is 3.82. The third-order valence-electron chi connectivity index (χ3n) is 4.08. The molecule has 0 unspecified atom stereocenters. The lowest BCUT2D eigenvalue weighted by molar-refractivity contribution is -0.137. The van der Waals surface area contributed by atoms with Gasteiger partial charge in [0.1, 0.15) is 6.54 Å². The third kappa shape index (κ3) is 2.81. The van der Waals surface area contributed by atoms with Crippen molar-refractivity contribution in [1.82, 2.24) is 24.9 Å². The summed E-state index contributed by atoms with van der Waals surface area (Å²) in [5.41, 5.74) is 1.09. The summed E-state index contributed by atoms with van der Waals surface area (Å²) in [6.45, 7) is 2.98. The van der Waals surface area contributed by atoms with Gasteiger partial charge in [-0.25, -0.2) is 4.79 Å². The monoisotopic (exact) mass is 305 g/mol. The Hall–Kier alpha value is -2.38. The molecule has 0 bridgehead atoms. The van der Waals surface area contributed by atoms with Crippen LogP contribution in [0.5, 0.6) is 0 Å². The highest BCUT2D eigenvalue weighted by Crippen LogP contribution is 2.21. The number of aryl methyl sites for hydroxylation is 1. The molecule has 1 atom stereocenters. The molecule has 2 fully saturated rings. The first-order valence-corrected chi connectivity index (χ1v) is 7.41. The Labute approximate surface area is 128 Å². The molecule has 0 saturated carbocycles. The Balaban J connectivity index is 1.63. The second-order valence-electron chi connectivity index (χ2n) is 5.77. The fourth-order valence-electron chi connectivity index (χ4n) is 2.88. The van der Waals surface area contributed by atoms with Gasteiger partial charge in [-0.2, -0.15) is 5.10 Å². The lowest BCUT2D eigenvalue weighted by Gasteiger charge is -2.33. The van der Waals surface area contributed by atoms with E-state index in [9.17, 15) is 14.4 Å². The maximum Gasteiger partial charge on any atom is 0.325 e. The molecule has 22 heavy (non-hydrogen) atoms. The highest BCUT2D eigenvalue weighted by atomic mass is 16.2. The number of carbonyl (C=O) groups is 3. The van der Waals surface area contributed by atoms with Gasteiger partial charge in [0.15, 0.2) is 0 Å². The average molecular weight is 305 g/mol. The summed E-state index contributed by atoms with van der Waals surface area (Å²) in [6, 6.07) is -0.343. The summed E-state index contributed by atoms with van der Waals surface area (Å²) in [7, 11) is 0. The summed E-state index contributed by atoms with van der Waals surface area (Å²) >= 11 is 0. The molecule has 118 valence electrons. The Bertz CT molecular complexity index is 595. The van der Waals surface area contributed by atoms with Crippen molar-refractivity contribution in [2.45, 2.75) is 25.8 Å². The maximum atomic E-state index is 12.3. The number of amides is 4. The molecule has 1 aromatic rings. The number of hydrogen-bond acceptors (Lipinski definition) is 4. The Morgan fingerprint density at radius 2 is 2.27 bits per heavy atom. The number of nitrogens with one attached hydrogen (secondary N) is 1. The van der Waals surface area contributed by atoms with Gasteiger partial charge in [-0.3, -0.25) is 19.2 Å². The van der Waals surface area contributed by atoms with E-state index in [-0.39, 0.29) is 30.9 Å². The lowest BCUT2D eigenvalue weighted by atomic mass is 10.1. The van der Waals surface area contributed by atoms with E-state index in [2.05, 4.69) is 10.4 Å². The van der Waals surface area contributed by atoms with Crippen LogP contribution < -0.4 is 5.32 Å². The zero-order valence-corrected chi connectivity index (χ0v) is 12.5. The van der Waals surface area contributed by atoms with E-state index in [1.807, 2.05) is 17.8 Å². The van der Waals surface area contributed by atoms with E-state index in [0.717, 1.165) is 23.3 Å². The minimum absolute atomic E-state index is 0.0265. The van der Waals surface area contributed by atoms with Gasteiger partial charge in [0.25, 0.3) is 5.91 Å². The number of aromatic nitrogens is 2. The summed E-state index contributed by atoms with van der Waals surface area (Å²) in [5.74, 6) is -0.548. The zero-order valence-electron chi connectivity index (χ0n) is 12.5.